The van der Waals surface area contributed by atoms with Gasteiger partial charge in [-0.05, 0) is 12.1 Å². The van der Waals surface area contributed by atoms with Crippen molar-refractivity contribution < 1.29 is 13.9 Å². The molecule has 1 aromatic carbocycles. The van der Waals surface area contributed by atoms with Gasteiger partial charge in [0.2, 0.25) is 5.91 Å². The van der Waals surface area contributed by atoms with Crippen LogP contribution in [0, 0.1) is 5.82 Å². The highest BCUT2D eigenvalue weighted by Gasteiger charge is 2.19. The zero-order valence-corrected chi connectivity index (χ0v) is 9.93. The summed E-state index contributed by atoms with van der Waals surface area (Å²) in [6.07, 6.45) is -0.296. The van der Waals surface area contributed by atoms with Crippen LogP contribution in [0.5, 0.6) is 0 Å². The van der Waals surface area contributed by atoms with Crippen molar-refractivity contribution in [3.63, 3.8) is 0 Å². The van der Waals surface area contributed by atoms with E-state index >= 15 is 0 Å². The van der Waals surface area contributed by atoms with Gasteiger partial charge in [-0.1, -0.05) is 6.07 Å². The van der Waals surface area contributed by atoms with Gasteiger partial charge in [-0.3, -0.25) is 4.79 Å². The number of hydrogen-bond donors (Lipinski definition) is 2. The van der Waals surface area contributed by atoms with Crippen LogP contribution in [0.25, 0.3) is 0 Å². The van der Waals surface area contributed by atoms with Gasteiger partial charge in [0.15, 0.2) is 0 Å². The van der Waals surface area contributed by atoms with Crippen LogP contribution in [-0.2, 0) is 4.74 Å². The summed E-state index contributed by atoms with van der Waals surface area (Å²) in [5.74, 6) is -1.09. The van der Waals surface area contributed by atoms with Crippen LogP contribution in [0.1, 0.15) is 22.0 Å². The Hall–Kier alpha value is -1.17. The molecule has 1 atom stereocenters. The van der Waals surface area contributed by atoms with Gasteiger partial charge in [0, 0.05) is 24.2 Å². The molecule has 0 spiro atoms. The molecule has 1 amide bonds. The van der Waals surface area contributed by atoms with E-state index in [0.29, 0.717) is 18.7 Å². The lowest BCUT2D eigenvalue weighted by molar-refractivity contribution is 0.0255. The molecule has 0 saturated carbocycles. The minimum Gasteiger partial charge on any atom is -0.371 e. The molecule has 1 heterocycles. The summed E-state index contributed by atoms with van der Waals surface area (Å²) in [7, 11) is 0. The molecule has 1 saturated heterocycles. The molecular formula is C11H14ClFN2O2. The zero-order chi connectivity index (χ0) is 11.5. The van der Waals surface area contributed by atoms with Crippen molar-refractivity contribution >= 4 is 18.3 Å². The number of hydrogen-bond acceptors (Lipinski definition) is 3. The first-order valence-electron chi connectivity index (χ1n) is 5.10. The molecule has 2 rings (SSSR count). The largest absolute Gasteiger partial charge is 0.371 e. The second-order valence-corrected chi connectivity index (χ2v) is 3.66. The summed E-state index contributed by atoms with van der Waals surface area (Å²) in [6, 6.07) is 4.21. The Balaban J connectivity index is 0.00000144. The maximum absolute atomic E-state index is 13.7. The number of primary amides is 1. The molecule has 4 nitrogen and oxygen atoms in total. The van der Waals surface area contributed by atoms with E-state index in [0.717, 1.165) is 12.6 Å². The molecule has 6 heteroatoms. The van der Waals surface area contributed by atoms with Crippen LogP contribution in [0.2, 0.25) is 0 Å². The van der Waals surface area contributed by atoms with E-state index in [2.05, 4.69) is 5.32 Å². The van der Waals surface area contributed by atoms with Crippen molar-refractivity contribution in [1.29, 1.82) is 0 Å². The van der Waals surface area contributed by atoms with Crippen molar-refractivity contribution in [2.24, 2.45) is 5.73 Å². The average molecular weight is 261 g/mol. The Labute approximate surface area is 105 Å². The molecule has 0 unspecified atom stereocenters. The van der Waals surface area contributed by atoms with E-state index in [1.165, 1.54) is 6.07 Å². The number of carbonyl (C=O) groups is 1. The van der Waals surface area contributed by atoms with Crippen LogP contribution >= 0.6 is 12.4 Å². The third-order valence-electron chi connectivity index (χ3n) is 2.56. The second-order valence-electron chi connectivity index (χ2n) is 3.66. The number of nitrogens with one attached hydrogen (secondary N) is 1. The first kappa shape index (κ1) is 13.9. The predicted octanol–water partition coefficient (Wildman–Crippen LogP) is 1.01. The fourth-order valence-corrected chi connectivity index (χ4v) is 1.71. The quantitative estimate of drug-likeness (QED) is 0.834. The third kappa shape index (κ3) is 3.15. The normalized spacial score (nSPS) is 19.5. The van der Waals surface area contributed by atoms with Crippen molar-refractivity contribution in [3.05, 3.63) is 35.1 Å². The van der Waals surface area contributed by atoms with Crippen LogP contribution in [0.4, 0.5) is 4.39 Å². The highest BCUT2D eigenvalue weighted by molar-refractivity contribution is 5.92. The summed E-state index contributed by atoms with van der Waals surface area (Å²) in [5, 5.41) is 3.11. The smallest absolute Gasteiger partial charge is 0.248 e. The zero-order valence-electron chi connectivity index (χ0n) is 9.11. The number of morpholine rings is 1. The van der Waals surface area contributed by atoms with Crippen molar-refractivity contribution in [1.82, 2.24) is 5.32 Å². The molecule has 0 aromatic heterocycles. The number of nitrogens with two attached hydrogens (primary N) is 1. The maximum Gasteiger partial charge on any atom is 0.248 e. The summed E-state index contributed by atoms with van der Waals surface area (Å²) in [4.78, 5) is 10.9. The maximum atomic E-state index is 13.7. The molecule has 0 radical (unpaired) electrons. The van der Waals surface area contributed by atoms with Crippen LogP contribution in [-0.4, -0.2) is 25.6 Å². The molecular weight excluding hydrogens is 247 g/mol. The highest BCUT2D eigenvalue weighted by atomic mass is 35.5. The Morgan fingerprint density at radius 2 is 2.29 bits per heavy atom. The second kappa shape index (κ2) is 5.95. The lowest BCUT2D eigenvalue weighted by Gasteiger charge is -2.24. The molecule has 0 aliphatic carbocycles. The van der Waals surface area contributed by atoms with Gasteiger partial charge in [-0.25, -0.2) is 4.39 Å². The van der Waals surface area contributed by atoms with E-state index in [1.807, 2.05) is 0 Å². The van der Waals surface area contributed by atoms with E-state index in [-0.39, 0.29) is 24.1 Å². The predicted molar refractivity (Wildman–Crippen MR) is 63.7 cm³/mol. The summed E-state index contributed by atoms with van der Waals surface area (Å²) < 4.78 is 19.1. The average Bonchev–Trinajstić information content (AvgIpc) is 2.30. The molecule has 17 heavy (non-hydrogen) atoms. The number of amides is 1. The molecule has 1 aliphatic heterocycles. The lowest BCUT2D eigenvalue weighted by Crippen LogP contribution is -2.33. The number of carbonyl (C=O) groups excluding carboxylic acids is 1. The molecule has 3 N–H and O–H groups in total. The van der Waals surface area contributed by atoms with Crippen LogP contribution in [0.3, 0.4) is 0 Å². The van der Waals surface area contributed by atoms with Crippen molar-refractivity contribution in [2.75, 3.05) is 19.7 Å². The Morgan fingerprint density at radius 3 is 2.82 bits per heavy atom. The van der Waals surface area contributed by atoms with Gasteiger partial charge in [0.05, 0.1) is 12.7 Å². The number of rotatable bonds is 2. The SMILES string of the molecule is Cl.NC(=O)c1ccc([C@H]2CNCCO2)c(F)c1. The molecule has 0 bridgehead atoms. The first-order valence-corrected chi connectivity index (χ1v) is 5.10. The standard InChI is InChI=1S/C11H13FN2O2.ClH/c12-9-5-7(11(13)15)1-2-8(9)10-6-14-3-4-16-10;/h1-2,5,10,14H,3-4,6H2,(H2,13,15);1H/t10-;/m1./s1. The topological polar surface area (TPSA) is 64.4 Å². The molecule has 1 aliphatic rings. The lowest BCUT2D eigenvalue weighted by atomic mass is 10.0. The minimum absolute atomic E-state index is 0. The monoisotopic (exact) mass is 260 g/mol. The van der Waals surface area contributed by atoms with Gasteiger partial charge in [-0.2, -0.15) is 0 Å². The van der Waals surface area contributed by atoms with Gasteiger partial charge in [0.1, 0.15) is 5.82 Å². The van der Waals surface area contributed by atoms with Gasteiger partial charge in [0.25, 0.3) is 0 Å². The number of benzene rings is 1. The Kier molecular flexibility index (Phi) is 4.86. The fraction of sp³-hybridized carbons (Fsp3) is 0.364. The van der Waals surface area contributed by atoms with E-state index < -0.39 is 11.7 Å². The third-order valence-corrected chi connectivity index (χ3v) is 2.56. The minimum atomic E-state index is -0.631. The first-order chi connectivity index (χ1) is 7.68. The van der Waals surface area contributed by atoms with Gasteiger partial charge < -0.3 is 15.8 Å². The van der Waals surface area contributed by atoms with E-state index in [4.69, 9.17) is 10.5 Å². The molecule has 1 aromatic rings. The molecule has 94 valence electrons. The van der Waals surface area contributed by atoms with Crippen molar-refractivity contribution in [2.45, 2.75) is 6.10 Å². The van der Waals surface area contributed by atoms with Crippen LogP contribution in [0.15, 0.2) is 18.2 Å². The molecule has 1 fully saturated rings. The van der Waals surface area contributed by atoms with E-state index in [1.54, 1.807) is 6.07 Å². The number of ether oxygens (including phenoxy) is 1. The fourth-order valence-electron chi connectivity index (χ4n) is 1.71. The summed E-state index contributed by atoms with van der Waals surface area (Å²) in [5.41, 5.74) is 5.69. The Morgan fingerprint density at radius 1 is 1.53 bits per heavy atom. The number of halogens is 2. The summed E-state index contributed by atoms with van der Waals surface area (Å²) in [6.45, 7) is 1.91. The Bertz CT molecular complexity index is 408. The van der Waals surface area contributed by atoms with Gasteiger partial charge >= 0.3 is 0 Å². The van der Waals surface area contributed by atoms with Gasteiger partial charge in [-0.15, -0.1) is 12.4 Å². The van der Waals surface area contributed by atoms with Crippen LogP contribution < -0.4 is 11.1 Å². The summed E-state index contributed by atoms with van der Waals surface area (Å²) >= 11 is 0. The van der Waals surface area contributed by atoms with Crippen molar-refractivity contribution in [3.8, 4) is 0 Å². The highest BCUT2D eigenvalue weighted by Crippen LogP contribution is 2.22. The van der Waals surface area contributed by atoms with E-state index in [9.17, 15) is 9.18 Å².